The number of H-pyrrole nitrogens is 1. The van der Waals surface area contributed by atoms with Crippen molar-refractivity contribution in [3.63, 3.8) is 0 Å². The van der Waals surface area contributed by atoms with Crippen molar-refractivity contribution in [1.29, 1.82) is 0 Å². The van der Waals surface area contributed by atoms with E-state index in [-0.39, 0.29) is 29.5 Å². The van der Waals surface area contributed by atoms with Gasteiger partial charge >= 0.3 is 5.97 Å². The standard InChI is InChI=1S/C30H26N2O8/c1-37-24-10-7-17(11-26(24)38-2)12-27-29(34)21-9-8-19(14-25(21)40-27)39-16-28(33)32-23(30(35)36)13-18-15-31-22-6-4-3-5-20(18)22/h3-12,14-15,23,31H,13,16H2,1-2H3,(H,32,33)(H,35,36)/t23-/m0/s1. The molecule has 0 unspecified atom stereocenters. The molecule has 0 bridgehead atoms. The van der Waals surface area contributed by atoms with Gasteiger partial charge < -0.3 is 34.4 Å². The molecule has 1 aliphatic heterocycles. The molecule has 0 aliphatic carbocycles. The van der Waals surface area contributed by atoms with E-state index in [0.29, 0.717) is 22.6 Å². The average molecular weight is 543 g/mol. The van der Waals surface area contributed by atoms with E-state index in [2.05, 4.69) is 10.3 Å². The van der Waals surface area contributed by atoms with E-state index in [4.69, 9.17) is 18.9 Å². The number of fused-ring (bicyclic) bond motifs is 2. The minimum absolute atomic E-state index is 0.106. The number of methoxy groups -OCH3 is 2. The van der Waals surface area contributed by atoms with Crippen molar-refractivity contribution in [3.05, 3.63) is 89.3 Å². The van der Waals surface area contributed by atoms with E-state index < -0.39 is 24.5 Å². The van der Waals surface area contributed by atoms with Gasteiger partial charge in [0.05, 0.1) is 19.8 Å². The number of nitrogens with one attached hydrogen (secondary N) is 2. The number of allylic oxidation sites excluding steroid dienone is 1. The molecule has 0 fully saturated rings. The number of aromatic nitrogens is 1. The molecular formula is C30H26N2O8. The van der Waals surface area contributed by atoms with Gasteiger partial charge in [-0.05, 0) is 47.5 Å². The van der Waals surface area contributed by atoms with Crippen LogP contribution >= 0.6 is 0 Å². The minimum Gasteiger partial charge on any atom is -0.493 e. The topological polar surface area (TPSA) is 136 Å². The first-order valence-corrected chi connectivity index (χ1v) is 12.4. The second kappa shape index (κ2) is 11.2. The molecule has 0 radical (unpaired) electrons. The van der Waals surface area contributed by atoms with Gasteiger partial charge in [-0.25, -0.2) is 4.79 Å². The summed E-state index contributed by atoms with van der Waals surface area (Å²) in [5.41, 5.74) is 2.70. The SMILES string of the molecule is COc1ccc(C=C2Oc3cc(OCC(=O)N[C@@H](Cc4c[nH]c5ccccc45)C(=O)O)ccc3C2=O)cc1OC. The summed E-state index contributed by atoms with van der Waals surface area (Å²) in [5, 5.41) is 13.1. The maximum absolute atomic E-state index is 12.8. The molecule has 1 aliphatic rings. The van der Waals surface area contributed by atoms with Gasteiger partial charge in [-0.3, -0.25) is 9.59 Å². The van der Waals surface area contributed by atoms with Crippen molar-refractivity contribution in [1.82, 2.24) is 10.3 Å². The van der Waals surface area contributed by atoms with Crippen LogP contribution in [0.15, 0.2) is 72.6 Å². The number of Topliss-reactive ketones (excluding diaryl/α,β-unsaturated/α-hetero) is 1. The third-order valence-corrected chi connectivity index (χ3v) is 6.45. The first kappa shape index (κ1) is 26.4. The number of aliphatic carboxylic acids is 1. The first-order chi connectivity index (χ1) is 19.4. The van der Waals surface area contributed by atoms with Gasteiger partial charge in [-0.15, -0.1) is 0 Å². The lowest BCUT2D eigenvalue weighted by Crippen LogP contribution is -2.44. The number of benzene rings is 3. The molecular weight excluding hydrogens is 516 g/mol. The highest BCUT2D eigenvalue weighted by atomic mass is 16.5. The van der Waals surface area contributed by atoms with Crippen molar-refractivity contribution in [2.45, 2.75) is 12.5 Å². The fourth-order valence-electron chi connectivity index (χ4n) is 4.46. The number of carboxylic acids is 1. The lowest BCUT2D eigenvalue weighted by atomic mass is 10.1. The highest BCUT2D eigenvalue weighted by molar-refractivity contribution is 6.14. The smallest absolute Gasteiger partial charge is 0.326 e. The molecule has 4 aromatic rings. The lowest BCUT2D eigenvalue weighted by molar-refractivity contribution is -0.142. The molecule has 40 heavy (non-hydrogen) atoms. The van der Waals surface area contributed by atoms with Crippen LogP contribution < -0.4 is 24.3 Å². The van der Waals surface area contributed by atoms with Gasteiger partial charge in [0.15, 0.2) is 23.9 Å². The van der Waals surface area contributed by atoms with E-state index >= 15 is 0 Å². The summed E-state index contributed by atoms with van der Waals surface area (Å²) < 4.78 is 21.9. The Bertz CT molecular complexity index is 1640. The van der Waals surface area contributed by atoms with Gasteiger partial charge in [-0.1, -0.05) is 24.3 Å². The summed E-state index contributed by atoms with van der Waals surface area (Å²) in [4.78, 5) is 40.3. The number of carboxylic acid groups (broad SMARTS) is 1. The number of carbonyl (C=O) groups is 3. The molecule has 1 amide bonds. The lowest BCUT2D eigenvalue weighted by Gasteiger charge is -2.15. The molecule has 1 aromatic heterocycles. The van der Waals surface area contributed by atoms with Gasteiger partial charge in [0.25, 0.3) is 5.91 Å². The number of ketones is 1. The zero-order valence-corrected chi connectivity index (χ0v) is 21.7. The monoisotopic (exact) mass is 542 g/mol. The van der Waals surface area contributed by atoms with Crippen LogP contribution in [0.5, 0.6) is 23.0 Å². The van der Waals surface area contributed by atoms with Crippen LogP contribution in [0.4, 0.5) is 0 Å². The van der Waals surface area contributed by atoms with Crippen LogP contribution in [0.1, 0.15) is 21.5 Å². The Kier molecular flexibility index (Phi) is 7.41. The summed E-state index contributed by atoms with van der Waals surface area (Å²) in [6.07, 6.45) is 3.44. The maximum Gasteiger partial charge on any atom is 0.326 e. The normalized spacial score (nSPS) is 13.9. The highest BCUT2D eigenvalue weighted by Crippen LogP contribution is 2.36. The molecule has 204 valence electrons. The Hall–Kier alpha value is -5.25. The van der Waals surface area contributed by atoms with Crippen molar-refractivity contribution in [3.8, 4) is 23.0 Å². The summed E-state index contributed by atoms with van der Waals surface area (Å²) in [7, 11) is 3.06. The number of amides is 1. The number of hydrogen-bond donors (Lipinski definition) is 3. The fourth-order valence-corrected chi connectivity index (χ4v) is 4.46. The van der Waals surface area contributed by atoms with Gasteiger partial charge in [0, 0.05) is 29.6 Å². The molecule has 3 N–H and O–H groups in total. The Labute approximate surface area is 229 Å². The number of carbonyl (C=O) groups excluding carboxylic acids is 2. The van der Waals surface area contributed by atoms with Gasteiger partial charge in [0.1, 0.15) is 17.5 Å². The second-order valence-corrected chi connectivity index (χ2v) is 9.02. The van der Waals surface area contributed by atoms with Crippen molar-refractivity contribution >= 4 is 34.6 Å². The average Bonchev–Trinajstić information content (AvgIpc) is 3.51. The van der Waals surface area contributed by atoms with Crippen molar-refractivity contribution < 1.29 is 38.4 Å². The number of ether oxygens (including phenoxy) is 4. The summed E-state index contributed by atoms with van der Waals surface area (Å²) >= 11 is 0. The molecule has 10 nitrogen and oxygen atoms in total. The molecule has 0 saturated carbocycles. The van der Waals surface area contributed by atoms with Gasteiger partial charge in [-0.2, -0.15) is 0 Å². The van der Waals surface area contributed by atoms with Crippen LogP contribution in [0.25, 0.3) is 17.0 Å². The molecule has 1 atom stereocenters. The Balaban J connectivity index is 1.22. The Morgan fingerprint density at radius 3 is 2.62 bits per heavy atom. The third-order valence-electron chi connectivity index (χ3n) is 6.45. The zero-order chi connectivity index (χ0) is 28.2. The Morgan fingerprint density at radius 1 is 1.05 bits per heavy atom. The second-order valence-electron chi connectivity index (χ2n) is 9.02. The van der Waals surface area contributed by atoms with Crippen molar-refractivity contribution in [2.24, 2.45) is 0 Å². The predicted molar refractivity (Wildman–Crippen MR) is 146 cm³/mol. The molecule has 3 aromatic carbocycles. The van der Waals surface area contributed by atoms with Crippen LogP contribution in [-0.4, -0.2) is 54.6 Å². The molecule has 10 heteroatoms. The largest absolute Gasteiger partial charge is 0.493 e. The van der Waals surface area contributed by atoms with Crippen LogP contribution in [0.2, 0.25) is 0 Å². The number of aromatic amines is 1. The predicted octanol–water partition coefficient (Wildman–Crippen LogP) is 3.99. The van der Waals surface area contributed by atoms with E-state index in [1.807, 2.05) is 24.3 Å². The zero-order valence-electron chi connectivity index (χ0n) is 21.7. The molecule has 0 spiro atoms. The fraction of sp³-hybridized carbons (Fsp3) is 0.167. The molecule has 5 rings (SSSR count). The number of rotatable bonds is 10. The number of hydrogen-bond acceptors (Lipinski definition) is 7. The van der Waals surface area contributed by atoms with E-state index in [0.717, 1.165) is 16.5 Å². The first-order valence-electron chi connectivity index (χ1n) is 12.4. The third kappa shape index (κ3) is 5.46. The van der Waals surface area contributed by atoms with Crippen LogP contribution in [0, 0.1) is 0 Å². The molecule has 0 saturated heterocycles. The van der Waals surface area contributed by atoms with Crippen LogP contribution in [0.3, 0.4) is 0 Å². The summed E-state index contributed by atoms with van der Waals surface area (Å²) in [6.45, 7) is -0.418. The number of para-hydroxylation sites is 1. The summed E-state index contributed by atoms with van der Waals surface area (Å²) in [5.74, 6) is -0.273. The molecule has 2 heterocycles. The Morgan fingerprint density at radius 2 is 1.85 bits per heavy atom. The highest BCUT2D eigenvalue weighted by Gasteiger charge is 2.28. The summed E-state index contributed by atoms with van der Waals surface area (Å²) in [6, 6.07) is 16.2. The van der Waals surface area contributed by atoms with Gasteiger partial charge in [0.2, 0.25) is 5.78 Å². The van der Waals surface area contributed by atoms with E-state index in [1.165, 1.54) is 20.3 Å². The van der Waals surface area contributed by atoms with Crippen molar-refractivity contribution in [2.75, 3.05) is 20.8 Å². The quantitative estimate of drug-likeness (QED) is 0.256. The maximum atomic E-state index is 12.8. The minimum atomic E-state index is -1.16. The van der Waals surface area contributed by atoms with E-state index in [9.17, 15) is 19.5 Å². The van der Waals surface area contributed by atoms with Crippen LogP contribution in [-0.2, 0) is 16.0 Å². The van der Waals surface area contributed by atoms with E-state index in [1.54, 1.807) is 42.6 Å².